The van der Waals surface area contributed by atoms with Crippen molar-refractivity contribution in [3.05, 3.63) is 52.1 Å². The van der Waals surface area contributed by atoms with Crippen LogP contribution in [0, 0.1) is 0 Å². The van der Waals surface area contributed by atoms with Crippen LogP contribution in [0.25, 0.3) is 0 Å². The summed E-state index contributed by atoms with van der Waals surface area (Å²) < 4.78 is 0.887. The molecule has 0 spiro atoms. The van der Waals surface area contributed by atoms with Gasteiger partial charge in [0.15, 0.2) is 0 Å². The summed E-state index contributed by atoms with van der Waals surface area (Å²) in [6, 6.07) is 9.98. The van der Waals surface area contributed by atoms with E-state index in [1.54, 1.807) is 12.3 Å². The third-order valence-corrected chi connectivity index (χ3v) is 4.25. The number of nitrogens with one attached hydrogen (secondary N) is 2. The maximum absolute atomic E-state index is 12.1. The lowest BCUT2D eigenvalue weighted by molar-refractivity contribution is -0.117. The highest BCUT2D eigenvalue weighted by Crippen LogP contribution is 2.27. The number of pyridine rings is 1. The number of nitrogens with zero attached hydrogens (tertiary/aromatic N) is 2. The second-order valence-electron chi connectivity index (χ2n) is 5.71. The number of benzene rings is 1. The maximum Gasteiger partial charge on any atom is 0.239 e. The Bertz CT molecular complexity index is 708. The van der Waals surface area contributed by atoms with Gasteiger partial charge in [-0.2, -0.15) is 0 Å². The number of likely N-dealkylation sites (N-methyl/N-ethyl adjacent to an activating group) is 1. The number of para-hydroxylation sites is 1. The molecule has 2 N–H and O–H groups in total. The van der Waals surface area contributed by atoms with Crippen molar-refractivity contribution in [3.8, 4) is 0 Å². The molecule has 1 aliphatic rings. The van der Waals surface area contributed by atoms with Gasteiger partial charge >= 0.3 is 0 Å². The Morgan fingerprint density at radius 1 is 1.38 bits per heavy atom. The molecule has 0 bridgehead atoms. The zero-order valence-corrected chi connectivity index (χ0v) is 15.8. The summed E-state index contributed by atoms with van der Waals surface area (Å²) in [5, 5.41) is 6.24. The summed E-state index contributed by atoms with van der Waals surface area (Å²) in [4.78, 5) is 18.3. The number of aromatic nitrogens is 1. The molecular weight excluding hydrogens is 392 g/mol. The number of hydrogen-bond donors (Lipinski definition) is 2. The molecule has 3 rings (SSSR count). The first-order valence-corrected chi connectivity index (χ1v) is 8.36. The Morgan fingerprint density at radius 2 is 2.21 bits per heavy atom. The van der Waals surface area contributed by atoms with Crippen LogP contribution in [0.2, 0.25) is 0 Å². The minimum Gasteiger partial charge on any atom is -0.384 e. The third kappa shape index (κ3) is 4.69. The van der Waals surface area contributed by atoms with E-state index in [2.05, 4.69) is 49.7 Å². The third-order valence-electron chi connectivity index (χ3n) is 3.78. The number of hydrogen-bond acceptors (Lipinski definition) is 4. The molecular formula is C17H20BrClN4O. The average Bonchev–Trinajstić information content (AvgIpc) is 2.99. The Morgan fingerprint density at radius 3 is 2.96 bits per heavy atom. The van der Waals surface area contributed by atoms with Gasteiger partial charge in [-0.25, -0.2) is 4.98 Å². The molecule has 1 aromatic carbocycles. The van der Waals surface area contributed by atoms with Crippen LogP contribution in [0.1, 0.15) is 11.1 Å². The highest BCUT2D eigenvalue weighted by Gasteiger charge is 2.15. The number of fused-ring (bicyclic) bond motifs is 1. The van der Waals surface area contributed by atoms with Gasteiger partial charge in [0.2, 0.25) is 5.91 Å². The molecule has 5 nitrogen and oxygen atoms in total. The van der Waals surface area contributed by atoms with Crippen molar-refractivity contribution in [3.63, 3.8) is 0 Å². The van der Waals surface area contributed by atoms with Crippen LogP contribution >= 0.6 is 28.3 Å². The van der Waals surface area contributed by atoms with Gasteiger partial charge in [-0.1, -0.05) is 18.2 Å². The lowest BCUT2D eigenvalue weighted by atomic mass is 10.1. The zero-order valence-electron chi connectivity index (χ0n) is 13.4. The summed E-state index contributed by atoms with van der Waals surface area (Å²) in [7, 11) is 1.95. The van der Waals surface area contributed by atoms with Crippen LogP contribution in [0.15, 0.2) is 41.0 Å². The summed E-state index contributed by atoms with van der Waals surface area (Å²) in [5.41, 5.74) is 3.82. The quantitative estimate of drug-likeness (QED) is 0.792. The van der Waals surface area contributed by atoms with Crippen LogP contribution in [-0.4, -0.2) is 35.9 Å². The van der Waals surface area contributed by atoms with Gasteiger partial charge in [-0.15, -0.1) is 12.4 Å². The standard InChI is InChI=1S/C17H19BrN4O.ClH/c1-22(10-13-4-2-3-12-7-8-19-17(12)13)11-16(23)21-15-6-5-14(18)9-20-15;/h2-6,9,19H,7-8,10-11H2,1H3,(H,20,21,23);1H. The smallest absolute Gasteiger partial charge is 0.239 e. The van der Waals surface area contributed by atoms with Crippen LogP contribution in [0.5, 0.6) is 0 Å². The number of carbonyl (C=O) groups is 1. The summed E-state index contributed by atoms with van der Waals surface area (Å²) >= 11 is 3.32. The lowest BCUT2D eigenvalue weighted by Gasteiger charge is -2.18. The van der Waals surface area contributed by atoms with Crippen molar-refractivity contribution in [1.29, 1.82) is 0 Å². The summed E-state index contributed by atoms with van der Waals surface area (Å²) in [6.45, 7) is 2.05. The molecule has 7 heteroatoms. The Kier molecular flexibility index (Phi) is 6.60. The summed E-state index contributed by atoms with van der Waals surface area (Å²) in [5.74, 6) is 0.497. The SMILES string of the molecule is CN(CC(=O)Nc1ccc(Br)cn1)Cc1cccc2c1NCC2.Cl. The fourth-order valence-electron chi connectivity index (χ4n) is 2.77. The molecule has 1 aliphatic heterocycles. The van der Waals surface area contributed by atoms with Crippen LogP contribution < -0.4 is 10.6 Å². The molecule has 0 radical (unpaired) electrons. The van der Waals surface area contributed by atoms with Gasteiger partial charge in [0.25, 0.3) is 0 Å². The molecule has 0 atom stereocenters. The van der Waals surface area contributed by atoms with Gasteiger partial charge in [-0.3, -0.25) is 9.69 Å². The van der Waals surface area contributed by atoms with Gasteiger partial charge in [0.05, 0.1) is 6.54 Å². The largest absolute Gasteiger partial charge is 0.384 e. The van der Waals surface area contributed by atoms with Gasteiger partial charge in [-0.05, 0) is 52.7 Å². The minimum absolute atomic E-state index is 0. The second-order valence-corrected chi connectivity index (χ2v) is 6.63. The molecule has 0 saturated carbocycles. The average molecular weight is 412 g/mol. The molecule has 0 saturated heterocycles. The van der Waals surface area contributed by atoms with E-state index < -0.39 is 0 Å². The van der Waals surface area contributed by atoms with Gasteiger partial charge in [0.1, 0.15) is 5.82 Å². The van der Waals surface area contributed by atoms with Crippen LogP contribution in [0.3, 0.4) is 0 Å². The Hall–Kier alpha value is -1.63. The van der Waals surface area contributed by atoms with E-state index in [4.69, 9.17) is 0 Å². The van der Waals surface area contributed by atoms with Crippen molar-refractivity contribution in [2.75, 3.05) is 30.8 Å². The first-order chi connectivity index (χ1) is 11.1. The number of carbonyl (C=O) groups excluding carboxylic acids is 1. The van der Waals surface area contributed by atoms with Crippen molar-refractivity contribution in [2.24, 2.45) is 0 Å². The molecule has 128 valence electrons. The molecule has 0 aliphatic carbocycles. The maximum atomic E-state index is 12.1. The highest BCUT2D eigenvalue weighted by molar-refractivity contribution is 9.10. The topological polar surface area (TPSA) is 57.3 Å². The van der Waals surface area contributed by atoms with Gasteiger partial charge < -0.3 is 10.6 Å². The summed E-state index contributed by atoms with van der Waals surface area (Å²) in [6.07, 6.45) is 2.74. The van der Waals surface area contributed by atoms with E-state index in [1.165, 1.54) is 16.8 Å². The fourth-order valence-corrected chi connectivity index (χ4v) is 3.00. The highest BCUT2D eigenvalue weighted by atomic mass is 79.9. The predicted molar refractivity (Wildman–Crippen MR) is 103 cm³/mol. The molecule has 24 heavy (non-hydrogen) atoms. The van der Waals surface area contributed by atoms with Crippen molar-refractivity contribution < 1.29 is 4.79 Å². The monoisotopic (exact) mass is 410 g/mol. The molecule has 1 amide bonds. The van der Waals surface area contributed by atoms with E-state index >= 15 is 0 Å². The van der Waals surface area contributed by atoms with E-state index in [9.17, 15) is 4.79 Å². The number of anilines is 2. The molecule has 1 aromatic heterocycles. The van der Waals surface area contributed by atoms with Crippen LogP contribution in [-0.2, 0) is 17.8 Å². The van der Waals surface area contributed by atoms with Crippen molar-refractivity contribution >= 4 is 45.7 Å². The van der Waals surface area contributed by atoms with Crippen molar-refractivity contribution in [2.45, 2.75) is 13.0 Å². The normalized spacial score (nSPS) is 12.3. The number of amides is 1. The Labute approximate surface area is 156 Å². The lowest BCUT2D eigenvalue weighted by Crippen LogP contribution is -2.30. The van der Waals surface area contributed by atoms with E-state index in [1.807, 2.05) is 18.0 Å². The fraction of sp³-hybridized carbons (Fsp3) is 0.294. The Balaban J connectivity index is 0.00000208. The molecule has 2 aromatic rings. The van der Waals surface area contributed by atoms with E-state index in [0.717, 1.165) is 24.0 Å². The first kappa shape index (κ1) is 18.7. The predicted octanol–water partition coefficient (Wildman–Crippen LogP) is 3.30. The van der Waals surface area contributed by atoms with E-state index in [0.29, 0.717) is 12.4 Å². The van der Waals surface area contributed by atoms with Crippen LogP contribution in [0.4, 0.5) is 11.5 Å². The van der Waals surface area contributed by atoms with Crippen molar-refractivity contribution in [1.82, 2.24) is 9.88 Å². The zero-order chi connectivity index (χ0) is 16.2. The number of rotatable bonds is 5. The molecule has 0 fully saturated rings. The number of halogens is 2. The molecule has 2 heterocycles. The van der Waals surface area contributed by atoms with E-state index in [-0.39, 0.29) is 18.3 Å². The van der Waals surface area contributed by atoms with Gasteiger partial charge in [0, 0.05) is 29.4 Å². The second kappa shape index (κ2) is 8.46. The first-order valence-electron chi connectivity index (χ1n) is 7.56. The minimum atomic E-state index is -0.0668. The molecule has 0 unspecified atom stereocenters.